The predicted molar refractivity (Wildman–Crippen MR) is 64.8 cm³/mol. The Labute approximate surface area is 101 Å². The van der Waals surface area contributed by atoms with Gasteiger partial charge in [-0.3, -0.25) is 0 Å². The summed E-state index contributed by atoms with van der Waals surface area (Å²) in [5.41, 5.74) is 0.900. The maximum Gasteiger partial charge on any atom is 0.124 e. The first-order chi connectivity index (χ1) is 8.29. The number of ether oxygens (including phenoxy) is 2. The zero-order valence-electron chi connectivity index (χ0n) is 9.82. The van der Waals surface area contributed by atoms with Gasteiger partial charge in [0.25, 0.3) is 0 Å². The third kappa shape index (κ3) is 3.30. The van der Waals surface area contributed by atoms with Crippen LogP contribution in [-0.4, -0.2) is 19.3 Å². The molecule has 92 valence electrons. The topological polar surface area (TPSA) is 18.5 Å². The second-order valence-electron chi connectivity index (χ2n) is 4.18. The van der Waals surface area contributed by atoms with Gasteiger partial charge in [0.2, 0.25) is 0 Å². The number of benzene rings is 1. The molecular weight excluding hydrogens is 219 g/mol. The molecule has 0 radical (unpaired) electrons. The van der Waals surface area contributed by atoms with Crippen LogP contribution in [0.5, 0.6) is 5.75 Å². The van der Waals surface area contributed by atoms with Gasteiger partial charge < -0.3 is 9.47 Å². The molecular formula is C14H17FO2. The quantitative estimate of drug-likeness (QED) is 0.731. The van der Waals surface area contributed by atoms with Crippen LogP contribution in [-0.2, 0) is 11.2 Å². The lowest BCUT2D eigenvalue weighted by Gasteiger charge is -2.15. The molecule has 1 heterocycles. The molecule has 2 rings (SSSR count). The van der Waals surface area contributed by atoms with Crippen LogP contribution in [0.3, 0.4) is 0 Å². The Morgan fingerprint density at radius 3 is 3.12 bits per heavy atom. The van der Waals surface area contributed by atoms with Crippen LogP contribution >= 0.6 is 0 Å². The lowest BCUT2D eigenvalue weighted by atomic mass is 10.1. The Balaban J connectivity index is 2.09. The molecule has 0 amide bonds. The van der Waals surface area contributed by atoms with Gasteiger partial charge in [0, 0.05) is 6.42 Å². The fourth-order valence-electron chi connectivity index (χ4n) is 1.90. The molecule has 1 atom stereocenters. The number of hydrogen-bond acceptors (Lipinski definition) is 2. The second-order valence-corrected chi connectivity index (χ2v) is 4.18. The Hall–Kier alpha value is -1.35. The first-order valence-corrected chi connectivity index (χ1v) is 5.93. The zero-order valence-corrected chi connectivity index (χ0v) is 9.82. The van der Waals surface area contributed by atoms with E-state index in [2.05, 4.69) is 6.58 Å². The largest absolute Gasteiger partial charge is 0.488 e. The van der Waals surface area contributed by atoms with Crippen molar-refractivity contribution in [3.8, 4) is 5.75 Å². The number of hydrogen-bond donors (Lipinski definition) is 0. The minimum atomic E-state index is -0.223. The van der Waals surface area contributed by atoms with Gasteiger partial charge in [-0.15, -0.1) is 6.58 Å². The summed E-state index contributed by atoms with van der Waals surface area (Å²) in [6.45, 7) is 5.04. The molecule has 0 aliphatic carbocycles. The van der Waals surface area contributed by atoms with Gasteiger partial charge in [0.05, 0.1) is 13.2 Å². The smallest absolute Gasteiger partial charge is 0.124 e. The van der Waals surface area contributed by atoms with E-state index >= 15 is 0 Å². The van der Waals surface area contributed by atoms with E-state index in [-0.39, 0.29) is 11.9 Å². The molecule has 2 nitrogen and oxygen atoms in total. The Bertz CT molecular complexity index is 384. The van der Waals surface area contributed by atoms with E-state index in [9.17, 15) is 4.39 Å². The van der Waals surface area contributed by atoms with Gasteiger partial charge in [-0.1, -0.05) is 6.08 Å². The van der Waals surface area contributed by atoms with Crippen molar-refractivity contribution in [1.82, 2.24) is 0 Å². The maximum absolute atomic E-state index is 13.2. The van der Waals surface area contributed by atoms with Crippen LogP contribution < -0.4 is 4.74 Å². The first-order valence-electron chi connectivity index (χ1n) is 5.93. The fraction of sp³-hybridized carbons (Fsp3) is 0.429. The number of aryl methyl sites for hydroxylation is 1. The van der Waals surface area contributed by atoms with E-state index < -0.39 is 0 Å². The Morgan fingerprint density at radius 1 is 1.53 bits per heavy atom. The average molecular weight is 236 g/mol. The highest BCUT2D eigenvalue weighted by Crippen LogP contribution is 2.24. The van der Waals surface area contributed by atoms with Crippen molar-refractivity contribution in [2.75, 3.05) is 13.2 Å². The van der Waals surface area contributed by atoms with E-state index in [1.54, 1.807) is 6.07 Å². The summed E-state index contributed by atoms with van der Waals surface area (Å²) in [7, 11) is 0. The van der Waals surface area contributed by atoms with Gasteiger partial charge in [0.15, 0.2) is 0 Å². The maximum atomic E-state index is 13.2. The van der Waals surface area contributed by atoms with Crippen LogP contribution in [0.25, 0.3) is 0 Å². The van der Waals surface area contributed by atoms with Crippen molar-refractivity contribution in [3.05, 3.63) is 42.2 Å². The molecule has 1 aliphatic rings. The zero-order chi connectivity index (χ0) is 12.1. The van der Waals surface area contributed by atoms with Crippen LogP contribution in [0.1, 0.15) is 18.4 Å². The molecule has 1 aliphatic heterocycles. The van der Waals surface area contributed by atoms with Crippen molar-refractivity contribution in [2.45, 2.75) is 25.4 Å². The first kappa shape index (κ1) is 12.1. The molecule has 0 N–H and O–H groups in total. The van der Waals surface area contributed by atoms with Gasteiger partial charge in [-0.2, -0.15) is 0 Å². The van der Waals surface area contributed by atoms with Gasteiger partial charge in [-0.05, 0) is 36.6 Å². The second kappa shape index (κ2) is 5.82. The molecule has 0 spiro atoms. The van der Waals surface area contributed by atoms with Crippen molar-refractivity contribution in [2.24, 2.45) is 0 Å². The highest BCUT2D eigenvalue weighted by Gasteiger charge is 2.18. The van der Waals surface area contributed by atoms with E-state index in [4.69, 9.17) is 9.47 Å². The predicted octanol–water partition coefficient (Wildman–Crippen LogP) is 3.11. The number of halogens is 1. The summed E-state index contributed by atoms with van der Waals surface area (Å²) in [6, 6.07) is 4.67. The molecule has 1 fully saturated rings. The van der Waals surface area contributed by atoms with Gasteiger partial charge >= 0.3 is 0 Å². The summed E-state index contributed by atoms with van der Waals surface area (Å²) < 4.78 is 24.3. The van der Waals surface area contributed by atoms with Crippen LogP contribution in [0, 0.1) is 5.82 Å². The lowest BCUT2D eigenvalue weighted by molar-refractivity contribution is 0.140. The highest BCUT2D eigenvalue weighted by atomic mass is 19.1. The van der Waals surface area contributed by atoms with Gasteiger partial charge in [0.1, 0.15) is 17.7 Å². The molecule has 17 heavy (non-hydrogen) atoms. The van der Waals surface area contributed by atoms with E-state index in [1.165, 1.54) is 12.1 Å². The van der Waals surface area contributed by atoms with E-state index in [0.29, 0.717) is 6.61 Å². The Kier molecular flexibility index (Phi) is 4.15. The molecule has 0 bridgehead atoms. The molecule has 3 heteroatoms. The van der Waals surface area contributed by atoms with Crippen molar-refractivity contribution < 1.29 is 13.9 Å². The summed E-state index contributed by atoms with van der Waals surface area (Å²) in [5.74, 6) is 0.544. The lowest BCUT2D eigenvalue weighted by Crippen LogP contribution is -2.16. The van der Waals surface area contributed by atoms with E-state index in [1.807, 2.05) is 6.08 Å². The van der Waals surface area contributed by atoms with E-state index in [0.717, 1.165) is 37.2 Å². The third-order valence-electron chi connectivity index (χ3n) is 2.82. The third-order valence-corrected chi connectivity index (χ3v) is 2.82. The molecule has 1 unspecified atom stereocenters. The van der Waals surface area contributed by atoms with Crippen LogP contribution in [0.2, 0.25) is 0 Å². The summed E-state index contributed by atoms with van der Waals surface area (Å²) in [4.78, 5) is 0. The standard InChI is InChI=1S/C14H17FO2/c1-2-3-4-11-9-12(15)5-6-14(11)17-13-7-8-16-10-13/h2,5-6,9,13H,1,3-4,7-8,10H2. The van der Waals surface area contributed by atoms with Crippen molar-refractivity contribution in [1.29, 1.82) is 0 Å². The molecule has 0 saturated carbocycles. The minimum absolute atomic E-state index is 0.0999. The fourth-order valence-corrected chi connectivity index (χ4v) is 1.90. The summed E-state index contributed by atoms with van der Waals surface area (Å²) in [5, 5.41) is 0. The van der Waals surface area contributed by atoms with Crippen molar-refractivity contribution >= 4 is 0 Å². The molecule has 1 aromatic rings. The molecule has 1 aromatic carbocycles. The average Bonchev–Trinajstić information content (AvgIpc) is 2.82. The summed E-state index contributed by atoms with van der Waals surface area (Å²) in [6.07, 6.45) is 4.40. The van der Waals surface area contributed by atoms with Gasteiger partial charge in [-0.25, -0.2) is 4.39 Å². The van der Waals surface area contributed by atoms with Crippen LogP contribution in [0.4, 0.5) is 4.39 Å². The normalized spacial score (nSPS) is 19.2. The molecule has 0 aromatic heterocycles. The monoisotopic (exact) mass is 236 g/mol. The number of rotatable bonds is 5. The number of allylic oxidation sites excluding steroid dienone is 1. The summed E-state index contributed by atoms with van der Waals surface area (Å²) >= 11 is 0. The van der Waals surface area contributed by atoms with Crippen LogP contribution in [0.15, 0.2) is 30.9 Å². The SMILES string of the molecule is C=CCCc1cc(F)ccc1OC1CCOC1. The Morgan fingerprint density at radius 2 is 2.41 bits per heavy atom. The van der Waals surface area contributed by atoms with Crippen molar-refractivity contribution in [3.63, 3.8) is 0 Å². The highest BCUT2D eigenvalue weighted by molar-refractivity contribution is 5.34. The minimum Gasteiger partial charge on any atom is -0.488 e. The molecule has 1 saturated heterocycles.